The first-order chi connectivity index (χ1) is 10.0. The SMILES string of the molecule is COC(=O)c1ccc(N)c(N(C)Cc2ccccc2Cl)c1. The van der Waals surface area contributed by atoms with Crippen molar-refractivity contribution in [2.75, 3.05) is 24.8 Å². The first kappa shape index (κ1) is 15.2. The van der Waals surface area contributed by atoms with Crippen molar-refractivity contribution >= 4 is 28.9 Å². The molecule has 0 aliphatic heterocycles. The van der Waals surface area contributed by atoms with Crippen LogP contribution >= 0.6 is 11.6 Å². The van der Waals surface area contributed by atoms with E-state index < -0.39 is 0 Å². The van der Waals surface area contributed by atoms with E-state index in [0.29, 0.717) is 22.8 Å². The fourth-order valence-corrected chi connectivity index (χ4v) is 2.28. The molecule has 5 heteroatoms. The molecular weight excluding hydrogens is 288 g/mol. The lowest BCUT2D eigenvalue weighted by Gasteiger charge is -2.22. The van der Waals surface area contributed by atoms with Crippen molar-refractivity contribution in [1.82, 2.24) is 0 Å². The van der Waals surface area contributed by atoms with Gasteiger partial charge in [-0.2, -0.15) is 0 Å². The predicted molar refractivity (Wildman–Crippen MR) is 85.8 cm³/mol. The van der Waals surface area contributed by atoms with Crippen LogP contribution in [0.3, 0.4) is 0 Å². The van der Waals surface area contributed by atoms with E-state index in [9.17, 15) is 4.79 Å². The summed E-state index contributed by atoms with van der Waals surface area (Å²) >= 11 is 6.17. The van der Waals surface area contributed by atoms with Gasteiger partial charge in [-0.1, -0.05) is 29.8 Å². The van der Waals surface area contributed by atoms with Crippen LogP contribution < -0.4 is 10.6 Å². The predicted octanol–water partition coefficient (Wildman–Crippen LogP) is 3.35. The van der Waals surface area contributed by atoms with Crippen molar-refractivity contribution < 1.29 is 9.53 Å². The summed E-state index contributed by atoms with van der Waals surface area (Å²) in [5.41, 5.74) is 8.81. The Morgan fingerprint density at radius 1 is 1.29 bits per heavy atom. The molecular formula is C16H17ClN2O2. The number of carbonyl (C=O) groups excluding carboxylic acids is 1. The molecule has 21 heavy (non-hydrogen) atoms. The van der Waals surface area contributed by atoms with Crippen LogP contribution in [0.2, 0.25) is 5.02 Å². The molecule has 110 valence electrons. The van der Waals surface area contributed by atoms with Crippen molar-refractivity contribution in [3.63, 3.8) is 0 Å². The minimum absolute atomic E-state index is 0.387. The molecule has 0 atom stereocenters. The van der Waals surface area contributed by atoms with Crippen molar-refractivity contribution in [1.29, 1.82) is 0 Å². The van der Waals surface area contributed by atoms with Gasteiger partial charge >= 0.3 is 5.97 Å². The van der Waals surface area contributed by atoms with E-state index >= 15 is 0 Å². The molecule has 0 saturated carbocycles. The number of halogens is 1. The Hall–Kier alpha value is -2.20. The summed E-state index contributed by atoms with van der Waals surface area (Å²) < 4.78 is 4.73. The molecule has 0 aliphatic rings. The third kappa shape index (κ3) is 3.47. The molecule has 0 heterocycles. The molecule has 0 radical (unpaired) electrons. The Morgan fingerprint density at radius 2 is 2.00 bits per heavy atom. The zero-order valence-corrected chi connectivity index (χ0v) is 12.7. The second kappa shape index (κ2) is 6.50. The summed E-state index contributed by atoms with van der Waals surface area (Å²) in [6.07, 6.45) is 0. The zero-order valence-electron chi connectivity index (χ0n) is 12.0. The summed E-state index contributed by atoms with van der Waals surface area (Å²) in [6, 6.07) is 12.7. The molecule has 4 nitrogen and oxygen atoms in total. The number of methoxy groups -OCH3 is 1. The quantitative estimate of drug-likeness (QED) is 0.695. The van der Waals surface area contributed by atoms with Crippen LogP contribution in [-0.2, 0) is 11.3 Å². The highest BCUT2D eigenvalue weighted by atomic mass is 35.5. The smallest absolute Gasteiger partial charge is 0.337 e. The standard InChI is InChI=1S/C16H17ClN2O2/c1-19(10-12-5-3-4-6-13(12)17)15-9-11(16(20)21-2)7-8-14(15)18/h3-9H,10,18H2,1-2H3. The van der Waals surface area contributed by atoms with E-state index in [1.807, 2.05) is 36.2 Å². The summed E-state index contributed by atoms with van der Waals surface area (Å²) in [4.78, 5) is 13.6. The fourth-order valence-electron chi connectivity index (χ4n) is 2.09. The number of rotatable bonds is 4. The summed E-state index contributed by atoms with van der Waals surface area (Å²) in [7, 11) is 3.25. The van der Waals surface area contributed by atoms with Crippen molar-refractivity contribution in [3.8, 4) is 0 Å². The highest BCUT2D eigenvalue weighted by Crippen LogP contribution is 2.27. The number of nitrogens with two attached hydrogens (primary N) is 1. The summed E-state index contributed by atoms with van der Waals surface area (Å²) in [5, 5.41) is 0.701. The number of hydrogen-bond donors (Lipinski definition) is 1. The van der Waals surface area contributed by atoms with Crippen molar-refractivity contribution in [2.45, 2.75) is 6.54 Å². The van der Waals surface area contributed by atoms with Crippen LogP contribution in [0, 0.1) is 0 Å². The molecule has 0 spiro atoms. The molecule has 2 aromatic rings. The van der Waals surface area contributed by atoms with Crippen LogP contribution in [0.25, 0.3) is 0 Å². The molecule has 0 bridgehead atoms. The lowest BCUT2D eigenvalue weighted by atomic mass is 10.1. The van der Waals surface area contributed by atoms with Crippen LogP contribution in [0.4, 0.5) is 11.4 Å². The number of carbonyl (C=O) groups is 1. The maximum Gasteiger partial charge on any atom is 0.337 e. The average molecular weight is 305 g/mol. The highest BCUT2D eigenvalue weighted by molar-refractivity contribution is 6.31. The molecule has 0 amide bonds. The van der Waals surface area contributed by atoms with E-state index in [1.54, 1.807) is 18.2 Å². The Morgan fingerprint density at radius 3 is 2.67 bits per heavy atom. The van der Waals surface area contributed by atoms with E-state index in [-0.39, 0.29) is 5.97 Å². The van der Waals surface area contributed by atoms with Gasteiger partial charge in [0.2, 0.25) is 0 Å². The number of esters is 1. The maximum atomic E-state index is 11.6. The number of ether oxygens (including phenoxy) is 1. The summed E-state index contributed by atoms with van der Waals surface area (Å²) in [5.74, 6) is -0.387. The topological polar surface area (TPSA) is 55.6 Å². The number of nitrogens with zero attached hydrogens (tertiary/aromatic N) is 1. The highest BCUT2D eigenvalue weighted by Gasteiger charge is 2.12. The first-order valence-corrected chi connectivity index (χ1v) is 6.83. The monoisotopic (exact) mass is 304 g/mol. The number of hydrogen-bond acceptors (Lipinski definition) is 4. The third-order valence-corrected chi connectivity index (χ3v) is 3.60. The van der Waals surface area contributed by atoms with Crippen molar-refractivity contribution in [2.24, 2.45) is 0 Å². The molecule has 0 fully saturated rings. The Kier molecular flexibility index (Phi) is 4.70. The van der Waals surface area contributed by atoms with Gasteiger partial charge in [0, 0.05) is 18.6 Å². The molecule has 2 rings (SSSR count). The van der Waals surface area contributed by atoms with Gasteiger partial charge in [0.15, 0.2) is 0 Å². The van der Waals surface area contributed by atoms with Gasteiger partial charge in [0.05, 0.1) is 24.0 Å². The number of nitrogen functional groups attached to an aromatic ring is 1. The molecule has 2 aromatic carbocycles. The largest absolute Gasteiger partial charge is 0.465 e. The Balaban J connectivity index is 2.28. The minimum atomic E-state index is -0.387. The van der Waals surface area contributed by atoms with Gasteiger partial charge < -0.3 is 15.4 Å². The van der Waals surface area contributed by atoms with E-state index in [0.717, 1.165) is 11.3 Å². The van der Waals surface area contributed by atoms with Gasteiger partial charge in [0.1, 0.15) is 0 Å². The molecule has 0 unspecified atom stereocenters. The normalized spacial score (nSPS) is 10.2. The lowest BCUT2D eigenvalue weighted by Crippen LogP contribution is -2.18. The lowest BCUT2D eigenvalue weighted by molar-refractivity contribution is 0.0601. The van der Waals surface area contributed by atoms with Gasteiger partial charge in [0.25, 0.3) is 0 Å². The van der Waals surface area contributed by atoms with Crippen LogP contribution in [0.15, 0.2) is 42.5 Å². The number of anilines is 2. The average Bonchev–Trinajstić information content (AvgIpc) is 2.49. The molecule has 0 aromatic heterocycles. The van der Waals surface area contributed by atoms with Crippen molar-refractivity contribution in [3.05, 3.63) is 58.6 Å². The Bertz CT molecular complexity index is 658. The third-order valence-electron chi connectivity index (χ3n) is 3.23. The van der Waals surface area contributed by atoms with Gasteiger partial charge in [-0.05, 0) is 29.8 Å². The van der Waals surface area contributed by atoms with Crippen LogP contribution in [-0.4, -0.2) is 20.1 Å². The molecule has 2 N–H and O–H groups in total. The minimum Gasteiger partial charge on any atom is -0.465 e. The first-order valence-electron chi connectivity index (χ1n) is 6.45. The van der Waals surface area contributed by atoms with E-state index in [2.05, 4.69) is 0 Å². The van der Waals surface area contributed by atoms with E-state index in [1.165, 1.54) is 7.11 Å². The second-order valence-corrected chi connectivity index (χ2v) is 5.12. The summed E-state index contributed by atoms with van der Waals surface area (Å²) in [6.45, 7) is 0.592. The Labute approximate surface area is 129 Å². The van der Waals surface area contributed by atoms with Crippen LogP contribution in [0.1, 0.15) is 15.9 Å². The van der Waals surface area contributed by atoms with Gasteiger partial charge in [-0.15, -0.1) is 0 Å². The van der Waals surface area contributed by atoms with E-state index in [4.69, 9.17) is 22.1 Å². The maximum absolute atomic E-state index is 11.6. The van der Waals surface area contributed by atoms with Gasteiger partial charge in [-0.25, -0.2) is 4.79 Å². The van der Waals surface area contributed by atoms with Crippen LogP contribution in [0.5, 0.6) is 0 Å². The second-order valence-electron chi connectivity index (χ2n) is 4.71. The number of benzene rings is 2. The van der Waals surface area contributed by atoms with Gasteiger partial charge in [-0.3, -0.25) is 0 Å². The fraction of sp³-hybridized carbons (Fsp3) is 0.188. The molecule has 0 aliphatic carbocycles. The molecule has 0 saturated heterocycles. The zero-order chi connectivity index (χ0) is 15.4.